The van der Waals surface area contributed by atoms with Crippen molar-refractivity contribution < 1.29 is 4.74 Å². The van der Waals surface area contributed by atoms with Crippen LogP contribution in [0.25, 0.3) is 16.9 Å². The summed E-state index contributed by atoms with van der Waals surface area (Å²) in [5.74, 6) is 1.25. The van der Waals surface area contributed by atoms with Crippen LogP contribution in [0.1, 0.15) is 5.56 Å². The zero-order valence-corrected chi connectivity index (χ0v) is 12.4. The summed E-state index contributed by atoms with van der Waals surface area (Å²) in [7, 11) is 1.66. The lowest BCUT2D eigenvalue weighted by molar-refractivity contribution is 0.415. The van der Waals surface area contributed by atoms with Crippen molar-refractivity contribution in [2.45, 2.75) is 5.88 Å². The number of hydrogen-bond acceptors (Lipinski definition) is 2. The van der Waals surface area contributed by atoms with Crippen molar-refractivity contribution in [2.75, 3.05) is 7.11 Å². The molecule has 0 saturated carbocycles. The molecule has 3 nitrogen and oxygen atoms in total. The van der Waals surface area contributed by atoms with Crippen LogP contribution in [-0.4, -0.2) is 16.9 Å². The molecule has 0 bridgehead atoms. The second kappa shape index (κ2) is 6.02. The predicted molar refractivity (Wildman–Crippen MR) is 85.1 cm³/mol. The average Bonchev–Trinajstić information content (AvgIpc) is 3.00. The summed E-state index contributed by atoms with van der Waals surface area (Å²) in [5.41, 5.74) is 3.95. The molecule has 2 aromatic carbocycles. The minimum absolute atomic E-state index is 0.425. The number of para-hydroxylation sites is 1. The summed E-state index contributed by atoms with van der Waals surface area (Å²) in [6.45, 7) is 0. The molecule has 0 saturated heterocycles. The summed E-state index contributed by atoms with van der Waals surface area (Å²) >= 11 is 6.06. The highest BCUT2D eigenvalue weighted by Gasteiger charge is 2.11. The van der Waals surface area contributed by atoms with Crippen molar-refractivity contribution in [1.82, 2.24) is 9.78 Å². The molecular formula is C17H15ClN2O. The van der Waals surface area contributed by atoms with Gasteiger partial charge in [0.1, 0.15) is 5.75 Å². The van der Waals surface area contributed by atoms with Gasteiger partial charge in [-0.25, -0.2) is 4.68 Å². The number of ether oxygens (including phenoxy) is 1. The molecule has 3 aromatic rings. The molecule has 1 aromatic heterocycles. The second-order valence-electron chi connectivity index (χ2n) is 4.65. The minimum atomic E-state index is 0.425. The van der Waals surface area contributed by atoms with Gasteiger partial charge in [-0.3, -0.25) is 0 Å². The van der Waals surface area contributed by atoms with E-state index >= 15 is 0 Å². The van der Waals surface area contributed by atoms with Crippen molar-refractivity contribution in [3.8, 4) is 22.7 Å². The van der Waals surface area contributed by atoms with Gasteiger partial charge < -0.3 is 4.74 Å². The highest BCUT2D eigenvalue weighted by atomic mass is 35.5. The Morgan fingerprint density at radius 3 is 2.38 bits per heavy atom. The Labute approximate surface area is 128 Å². The predicted octanol–water partition coefficient (Wildman–Crippen LogP) is 4.29. The number of methoxy groups -OCH3 is 1. The lowest BCUT2D eigenvalue weighted by Crippen LogP contribution is -1.94. The van der Waals surface area contributed by atoms with Crippen molar-refractivity contribution in [2.24, 2.45) is 0 Å². The second-order valence-corrected chi connectivity index (χ2v) is 4.91. The average molecular weight is 299 g/mol. The molecule has 3 rings (SSSR count). The van der Waals surface area contributed by atoms with Crippen LogP contribution >= 0.6 is 11.6 Å². The molecule has 0 unspecified atom stereocenters. The number of halogens is 1. The number of alkyl halides is 1. The third-order valence-electron chi connectivity index (χ3n) is 3.32. The maximum atomic E-state index is 6.06. The van der Waals surface area contributed by atoms with E-state index in [9.17, 15) is 0 Å². The number of rotatable bonds is 4. The molecule has 0 aliphatic heterocycles. The van der Waals surface area contributed by atoms with E-state index in [1.807, 2.05) is 65.5 Å². The Bertz CT molecular complexity index is 720. The summed E-state index contributed by atoms with van der Waals surface area (Å²) in [4.78, 5) is 0. The van der Waals surface area contributed by atoms with E-state index in [4.69, 9.17) is 16.3 Å². The van der Waals surface area contributed by atoms with E-state index in [1.54, 1.807) is 7.11 Å². The van der Waals surface area contributed by atoms with Gasteiger partial charge in [0, 0.05) is 17.3 Å². The quantitative estimate of drug-likeness (QED) is 0.672. The molecule has 0 spiro atoms. The maximum absolute atomic E-state index is 6.06. The first-order valence-electron chi connectivity index (χ1n) is 6.66. The summed E-state index contributed by atoms with van der Waals surface area (Å²) < 4.78 is 7.04. The van der Waals surface area contributed by atoms with Gasteiger partial charge in [0.25, 0.3) is 0 Å². The first-order chi connectivity index (χ1) is 10.3. The molecule has 0 amide bonds. The van der Waals surface area contributed by atoms with Crippen molar-refractivity contribution in [1.29, 1.82) is 0 Å². The molecule has 0 radical (unpaired) electrons. The van der Waals surface area contributed by atoms with Crippen LogP contribution in [0.3, 0.4) is 0 Å². The fourth-order valence-corrected chi connectivity index (χ4v) is 2.41. The molecule has 1 heterocycles. The summed E-state index contributed by atoms with van der Waals surface area (Å²) in [6.07, 6.45) is 1.97. The Morgan fingerprint density at radius 2 is 1.76 bits per heavy atom. The van der Waals surface area contributed by atoms with Gasteiger partial charge in [0.15, 0.2) is 0 Å². The van der Waals surface area contributed by atoms with Crippen LogP contribution in [0.15, 0.2) is 60.8 Å². The smallest absolute Gasteiger partial charge is 0.118 e. The largest absolute Gasteiger partial charge is 0.497 e. The zero-order chi connectivity index (χ0) is 14.7. The van der Waals surface area contributed by atoms with E-state index < -0.39 is 0 Å². The first-order valence-corrected chi connectivity index (χ1v) is 7.19. The third-order valence-corrected chi connectivity index (χ3v) is 3.61. The molecule has 4 heteroatoms. The van der Waals surface area contributed by atoms with Gasteiger partial charge >= 0.3 is 0 Å². The van der Waals surface area contributed by atoms with Gasteiger partial charge in [0.05, 0.1) is 24.4 Å². The maximum Gasteiger partial charge on any atom is 0.118 e. The standard InChI is InChI=1S/C17H15ClN2O/c1-21-16-9-7-13(8-10-16)17-14(11-18)12-20(19-17)15-5-3-2-4-6-15/h2-10,12H,11H2,1H3. The van der Waals surface area contributed by atoms with E-state index in [1.165, 1.54) is 0 Å². The lowest BCUT2D eigenvalue weighted by Gasteiger charge is -2.02. The van der Waals surface area contributed by atoms with Crippen LogP contribution in [0.2, 0.25) is 0 Å². The highest BCUT2D eigenvalue weighted by molar-refractivity contribution is 6.17. The van der Waals surface area contributed by atoms with Gasteiger partial charge in [-0.05, 0) is 36.4 Å². The van der Waals surface area contributed by atoms with Gasteiger partial charge in [-0.15, -0.1) is 11.6 Å². The molecule has 0 aliphatic rings. The minimum Gasteiger partial charge on any atom is -0.497 e. The Morgan fingerprint density at radius 1 is 1.05 bits per heavy atom. The Balaban J connectivity index is 2.03. The van der Waals surface area contributed by atoms with Crippen LogP contribution in [0.4, 0.5) is 0 Å². The molecule has 0 N–H and O–H groups in total. The number of nitrogens with zero attached hydrogens (tertiary/aromatic N) is 2. The fourth-order valence-electron chi connectivity index (χ4n) is 2.21. The molecular weight excluding hydrogens is 284 g/mol. The molecule has 0 atom stereocenters. The SMILES string of the molecule is COc1ccc(-c2nn(-c3ccccc3)cc2CCl)cc1. The Hall–Kier alpha value is -2.26. The monoisotopic (exact) mass is 298 g/mol. The normalized spacial score (nSPS) is 10.6. The number of hydrogen-bond donors (Lipinski definition) is 0. The summed E-state index contributed by atoms with van der Waals surface area (Å²) in [5, 5.41) is 4.67. The van der Waals surface area contributed by atoms with Crippen molar-refractivity contribution in [3.05, 3.63) is 66.4 Å². The van der Waals surface area contributed by atoms with E-state index in [0.717, 1.165) is 28.3 Å². The van der Waals surface area contributed by atoms with Crippen molar-refractivity contribution in [3.63, 3.8) is 0 Å². The molecule has 21 heavy (non-hydrogen) atoms. The molecule has 106 valence electrons. The van der Waals surface area contributed by atoms with Gasteiger partial charge in [-0.1, -0.05) is 18.2 Å². The Kier molecular flexibility index (Phi) is 3.93. The van der Waals surface area contributed by atoms with E-state index in [0.29, 0.717) is 5.88 Å². The number of aromatic nitrogens is 2. The fraction of sp³-hybridized carbons (Fsp3) is 0.118. The third kappa shape index (κ3) is 2.78. The first kappa shape index (κ1) is 13.7. The lowest BCUT2D eigenvalue weighted by atomic mass is 10.1. The molecule has 0 fully saturated rings. The van der Waals surface area contributed by atoms with E-state index in [-0.39, 0.29) is 0 Å². The highest BCUT2D eigenvalue weighted by Crippen LogP contribution is 2.26. The number of benzene rings is 2. The zero-order valence-electron chi connectivity index (χ0n) is 11.7. The van der Waals surface area contributed by atoms with Crippen LogP contribution in [0.5, 0.6) is 5.75 Å². The van der Waals surface area contributed by atoms with E-state index in [2.05, 4.69) is 5.10 Å². The topological polar surface area (TPSA) is 27.1 Å². The van der Waals surface area contributed by atoms with Crippen LogP contribution in [0, 0.1) is 0 Å². The van der Waals surface area contributed by atoms with Gasteiger partial charge in [-0.2, -0.15) is 5.10 Å². The van der Waals surface area contributed by atoms with Gasteiger partial charge in [0.2, 0.25) is 0 Å². The summed E-state index contributed by atoms with van der Waals surface area (Å²) in [6, 6.07) is 17.8. The molecule has 0 aliphatic carbocycles. The van der Waals surface area contributed by atoms with Crippen LogP contribution < -0.4 is 4.74 Å². The van der Waals surface area contributed by atoms with Crippen molar-refractivity contribution >= 4 is 11.6 Å². The van der Waals surface area contributed by atoms with Crippen LogP contribution in [-0.2, 0) is 5.88 Å².